The molecule has 4 rings (SSSR count). The van der Waals surface area contributed by atoms with Crippen LogP contribution in [0.2, 0.25) is 0 Å². The molecule has 0 fully saturated rings. The van der Waals surface area contributed by atoms with E-state index in [1.165, 1.54) is 29.2 Å². The molecule has 0 atom stereocenters. The number of anilines is 3. The molecule has 0 unspecified atom stereocenters. The van der Waals surface area contributed by atoms with Crippen molar-refractivity contribution >= 4 is 38.6 Å². The minimum atomic E-state index is 0.800. The summed E-state index contributed by atoms with van der Waals surface area (Å²) in [5.41, 5.74) is 10.8. The van der Waals surface area contributed by atoms with Gasteiger partial charge in [-0.25, -0.2) is 0 Å². The Morgan fingerprint density at radius 2 is 1.31 bits per heavy atom. The van der Waals surface area contributed by atoms with Crippen molar-refractivity contribution in [3.63, 3.8) is 0 Å². The highest BCUT2D eigenvalue weighted by atomic mass is 14.9. The van der Waals surface area contributed by atoms with Gasteiger partial charge in [-0.05, 0) is 41.3 Å². The molecule has 0 aliphatic carbocycles. The van der Waals surface area contributed by atoms with Gasteiger partial charge < -0.3 is 11.1 Å². The smallest absolute Gasteiger partial charge is 0.0704 e. The monoisotopic (exact) mass is 340 g/mol. The van der Waals surface area contributed by atoms with Gasteiger partial charge in [-0.15, -0.1) is 0 Å². The Kier molecular flexibility index (Phi) is 4.49. The minimum absolute atomic E-state index is 0.800. The molecular weight excluding hydrogens is 316 g/mol. The van der Waals surface area contributed by atoms with Crippen molar-refractivity contribution in [1.82, 2.24) is 0 Å². The van der Waals surface area contributed by atoms with Crippen LogP contribution >= 0.6 is 0 Å². The molecular formula is C24H24N2. The predicted octanol–water partition coefficient (Wildman–Crippen LogP) is 6.66. The topological polar surface area (TPSA) is 38.0 Å². The number of hydrogen-bond acceptors (Lipinski definition) is 2. The van der Waals surface area contributed by atoms with E-state index in [0.29, 0.717) is 0 Å². The summed E-state index contributed by atoms with van der Waals surface area (Å²) in [4.78, 5) is 0. The number of fused-ring (bicyclic) bond motifs is 3. The van der Waals surface area contributed by atoms with E-state index in [2.05, 4.69) is 79.0 Å². The van der Waals surface area contributed by atoms with Crippen molar-refractivity contribution in [2.75, 3.05) is 11.1 Å². The molecule has 0 radical (unpaired) electrons. The van der Waals surface area contributed by atoms with E-state index in [-0.39, 0.29) is 0 Å². The molecule has 0 saturated heterocycles. The molecule has 0 aliphatic heterocycles. The van der Waals surface area contributed by atoms with Crippen LogP contribution in [-0.2, 0) is 6.42 Å². The average molecular weight is 340 g/mol. The lowest BCUT2D eigenvalue weighted by atomic mass is 9.98. The molecule has 0 saturated carbocycles. The number of aryl methyl sites for hydroxylation is 1. The van der Waals surface area contributed by atoms with E-state index in [9.17, 15) is 0 Å². The maximum atomic E-state index is 6.57. The summed E-state index contributed by atoms with van der Waals surface area (Å²) in [6.07, 6.45) is 3.59. The largest absolute Gasteiger partial charge is 0.397 e. The van der Waals surface area contributed by atoms with Crippen LogP contribution in [0.15, 0.2) is 72.8 Å². The van der Waals surface area contributed by atoms with Crippen LogP contribution in [0.4, 0.5) is 17.1 Å². The van der Waals surface area contributed by atoms with Gasteiger partial charge in [0.15, 0.2) is 0 Å². The second-order valence-corrected chi connectivity index (χ2v) is 6.81. The number of benzene rings is 4. The zero-order chi connectivity index (χ0) is 17.9. The Labute approximate surface area is 154 Å². The molecule has 0 amide bonds. The third kappa shape index (κ3) is 2.99. The summed E-state index contributed by atoms with van der Waals surface area (Å²) in [6.45, 7) is 2.23. The van der Waals surface area contributed by atoms with Crippen LogP contribution in [0, 0.1) is 0 Å². The number of hydrogen-bond donors (Lipinski definition) is 2. The third-order valence-corrected chi connectivity index (χ3v) is 5.02. The van der Waals surface area contributed by atoms with Crippen LogP contribution in [0.25, 0.3) is 21.5 Å². The normalized spacial score (nSPS) is 11.1. The zero-order valence-corrected chi connectivity index (χ0v) is 15.1. The second-order valence-electron chi connectivity index (χ2n) is 6.81. The maximum absolute atomic E-state index is 6.57. The van der Waals surface area contributed by atoms with Gasteiger partial charge in [-0.3, -0.25) is 0 Å². The first-order valence-corrected chi connectivity index (χ1v) is 9.33. The highest BCUT2D eigenvalue weighted by Crippen LogP contribution is 2.39. The fourth-order valence-electron chi connectivity index (χ4n) is 3.58. The van der Waals surface area contributed by atoms with E-state index in [1.807, 2.05) is 6.07 Å². The van der Waals surface area contributed by atoms with Crippen LogP contribution in [0.1, 0.15) is 25.3 Å². The third-order valence-electron chi connectivity index (χ3n) is 5.02. The van der Waals surface area contributed by atoms with Gasteiger partial charge in [0.1, 0.15) is 0 Å². The molecule has 0 aromatic heterocycles. The second kappa shape index (κ2) is 7.09. The SMILES string of the molecule is CCCCc1ccc(Nc2c(N)c3ccccc3c3ccccc23)cc1. The number of nitrogens with one attached hydrogen (secondary N) is 1. The summed E-state index contributed by atoms with van der Waals surface area (Å²) in [5, 5.41) is 8.23. The number of unbranched alkanes of at least 4 members (excludes halogenated alkanes) is 1. The van der Waals surface area contributed by atoms with Gasteiger partial charge in [0.25, 0.3) is 0 Å². The Balaban J connectivity index is 1.79. The highest BCUT2D eigenvalue weighted by Gasteiger charge is 2.12. The van der Waals surface area contributed by atoms with E-state index in [0.717, 1.165) is 34.3 Å². The van der Waals surface area contributed by atoms with E-state index in [4.69, 9.17) is 5.73 Å². The van der Waals surface area contributed by atoms with E-state index < -0.39 is 0 Å². The summed E-state index contributed by atoms with van der Waals surface area (Å²) in [6, 6.07) is 25.5. The molecule has 0 aliphatic rings. The van der Waals surface area contributed by atoms with Gasteiger partial charge in [-0.1, -0.05) is 74.0 Å². The fourth-order valence-corrected chi connectivity index (χ4v) is 3.58. The standard InChI is InChI=1S/C24H24N2/c1-2-3-8-17-13-15-18(16-14-17)26-24-22-12-7-5-10-20(22)19-9-4-6-11-21(19)23(24)25/h4-7,9-16,26H,2-3,8,25H2,1H3. The molecule has 4 aromatic rings. The summed E-state index contributed by atoms with van der Waals surface area (Å²) in [7, 11) is 0. The molecule has 2 nitrogen and oxygen atoms in total. The fraction of sp³-hybridized carbons (Fsp3) is 0.167. The lowest BCUT2D eigenvalue weighted by Gasteiger charge is -2.16. The van der Waals surface area contributed by atoms with E-state index >= 15 is 0 Å². The van der Waals surface area contributed by atoms with Crippen molar-refractivity contribution in [3.05, 3.63) is 78.4 Å². The molecule has 0 heterocycles. The van der Waals surface area contributed by atoms with Crippen LogP contribution in [0.5, 0.6) is 0 Å². The lowest BCUT2D eigenvalue weighted by molar-refractivity contribution is 0.795. The van der Waals surface area contributed by atoms with Crippen molar-refractivity contribution in [3.8, 4) is 0 Å². The molecule has 4 aromatic carbocycles. The minimum Gasteiger partial charge on any atom is -0.397 e. The molecule has 0 spiro atoms. The quantitative estimate of drug-likeness (QED) is 0.242. The summed E-state index contributed by atoms with van der Waals surface area (Å²) < 4.78 is 0. The molecule has 2 heteroatoms. The number of rotatable bonds is 5. The van der Waals surface area contributed by atoms with Crippen LogP contribution in [0.3, 0.4) is 0 Å². The first kappa shape index (κ1) is 16.5. The number of nitrogens with two attached hydrogens (primary N) is 1. The first-order valence-electron chi connectivity index (χ1n) is 9.33. The Bertz CT molecular complexity index is 1050. The van der Waals surface area contributed by atoms with Gasteiger partial charge in [0, 0.05) is 16.5 Å². The van der Waals surface area contributed by atoms with Crippen LogP contribution < -0.4 is 11.1 Å². The Hall–Kier alpha value is -3.00. The maximum Gasteiger partial charge on any atom is 0.0704 e. The Morgan fingerprint density at radius 1 is 0.731 bits per heavy atom. The molecule has 0 bridgehead atoms. The first-order chi connectivity index (χ1) is 12.8. The van der Waals surface area contributed by atoms with Gasteiger partial charge in [0.2, 0.25) is 0 Å². The van der Waals surface area contributed by atoms with Crippen LogP contribution in [-0.4, -0.2) is 0 Å². The van der Waals surface area contributed by atoms with E-state index in [1.54, 1.807) is 0 Å². The Morgan fingerprint density at radius 3 is 1.96 bits per heavy atom. The zero-order valence-electron chi connectivity index (χ0n) is 15.1. The highest BCUT2D eigenvalue weighted by molar-refractivity contribution is 6.20. The van der Waals surface area contributed by atoms with Crippen molar-refractivity contribution in [2.45, 2.75) is 26.2 Å². The van der Waals surface area contributed by atoms with Gasteiger partial charge in [0.05, 0.1) is 11.4 Å². The molecule has 130 valence electrons. The van der Waals surface area contributed by atoms with Crippen molar-refractivity contribution < 1.29 is 0 Å². The molecule has 26 heavy (non-hydrogen) atoms. The van der Waals surface area contributed by atoms with Gasteiger partial charge in [-0.2, -0.15) is 0 Å². The summed E-state index contributed by atoms with van der Waals surface area (Å²) >= 11 is 0. The predicted molar refractivity (Wildman–Crippen MR) is 114 cm³/mol. The molecule has 3 N–H and O–H groups in total. The van der Waals surface area contributed by atoms with Crippen molar-refractivity contribution in [1.29, 1.82) is 0 Å². The lowest BCUT2D eigenvalue weighted by Crippen LogP contribution is -1.99. The average Bonchev–Trinajstić information content (AvgIpc) is 2.70. The van der Waals surface area contributed by atoms with Gasteiger partial charge >= 0.3 is 0 Å². The summed E-state index contributed by atoms with van der Waals surface area (Å²) in [5.74, 6) is 0. The number of nitrogen functional groups attached to an aromatic ring is 1. The van der Waals surface area contributed by atoms with Crippen molar-refractivity contribution in [2.24, 2.45) is 0 Å².